The van der Waals surface area contributed by atoms with E-state index in [4.69, 9.17) is 10.5 Å². The lowest BCUT2D eigenvalue weighted by Crippen LogP contribution is -2.02. The number of hydrogen-bond acceptors (Lipinski definition) is 3. The van der Waals surface area contributed by atoms with Crippen LogP contribution in [-0.4, -0.2) is 23.4 Å². The second-order valence-corrected chi connectivity index (χ2v) is 3.34. The van der Waals surface area contributed by atoms with Gasteiger partial charge < -0.3 is 10.5 Å². The standard InChI is InChI=1S/C11H19N3O/c1-4-14-11(9(2)6-5-7-12)10(15-3)8-13-14/h6,8H,4-5,7,12H2,1-3H3. The maximum Gasteiger partial charge on any atom is 0.164 e. The van der Waals surface area contributed by atoms with Gasteiger partial charge in [0.15, 0.2) is 5.75 Å². The zero-order chi connectivity index (χ0) is 11.3. The molecule has 0 saturated carbocycles. The molecule has 0 saturated heterocycles. The lowest BCUT2D eigenvalue weighted by molar-refractivity contribution is 0.412. The SMILES string of the molecule is CCn1ncc(OC)c1C(C)=CCCN. The number of nitrogens with two attached hydrogens (primary N) is 1. The Morgan fingerprint density at radius 3 is 2.93 bits per heavy atom. The predicted octanol–water partition coefficient (Wildman–Crippen LogP) is 1.66. The summed E-state index contributed by atoms with van der Waals surface area (Å²) in [6, 6.07) is 0. The minimum Gasteiger partial charge on any atom is -0.493 e. The average molecular weight is 209 g/mol. The molecule has 0 aliphatic heterocycles. The fourth-order valence-corrected chi connectivity index (χ4v) is 1.55. The highest BCUT2D eigenvalue weighted by Gasteiger charge is 2.11. The van der Waals surface area contributed by atoms with Crippen LogP contribution in [0.15, 0.2) is 12.3 Å². The molecule has 0 bridgehead atoms. The Hall–Kier alpha value is -1.29. The molecule has 1 rings (SSSR count). The molecule has 0 aromatic carbocycles. The van der Waals surface area contributed by atoms with Crippen molar-refractivity contribution in [3.05, 3.63) is 18.0 Å². The third-order valence-electron chi connectivity index (χ3n) is 2.32. The van der Waals surface area contributed by atoms with Gasteiger partial charge in [0, 0.05) is 6.54 Å². The van der Waals surface area contributed by atoms with E-state index in [1.165, 1.54) is 0 Å². The Morgan fingerprint density at radius 1 is 1.67 bits per heavy atom. The molecule has 0 atom stereocenters. The number of aryl methyl sites for hydroxylation is 1. The molecule has 4 heteroatoms. The summed E-state index contributed by atoms with van der Waals surface area (Å²) in [5, 5.41) is 4.25. The van der Waals surface area contributed by atoms with Crippen LogP contribution in [-0.2, 0) is 6.54 Å². The van der Waals surface area contributed by atoms with Gasteiger partial charge in [-0.2, -0.15) is 5.10 Å². The zero-order valence-corrected chi connectivity index (χ0v) is 9.66. The molecule has 84 valence electrons. The average Bonchev–Trinajstić information content (AvgIpc) is 2.68. The van der Waals surface area contributed by atoms with Gasteiger partial charge in [0.05, 0.1) is 13.3 Å². The molecule has 15 heavy (non-hydrogen) atoms. The van der Waals surface area contributed by atoms with E-state index in [2.05, 4.69) is 25.0 Å². The lowest BCUT2D eigenvalue weighted by atomic mass is 10.1. The van der Waals surface area contributed by atoms with Gasteiger partial charge in [0.2, 0.25) is 0 Å². The van der Waals surface area contributed by atoms with Crippen molar-refractivity contribution in [1.29, 1.82) is 0 Å². The monoisotopic (exact) mass is 209 g/mol. The second-order valence-electron chi connectivity index (χ2n) is 3.34. The maximum absolute atomic E-state index is 5.47. The first-order chi connectivity index (χ1) is 7.24. The summed E-state index contributed by atoms with van der Waals surface area (Å²) in [6.07, 6.45) is 4.74. The molecule has 0 spiro atoms. The highest BCUT2D eigenvalue weighted by Crippen LogP contribution is 2.25. The number of methoxy groups -OCH3 is 1. The fraction of sp³-hybridized carbons (Fsp3) is 0.545. The quantitative estimate of drug-likeness (QED) is 0.802. The van der Waals surface area contributed by atoms with Crippen molar-refractivity contribution in [2.45, 2.75) is 26.8 Å². The summed E-state index contributed by atoms with van der Waals surface area (Å²) >= 11 is 0. The van der Waals surface area contributed by atoms with Crippen LogP contribution in [0.2, 0.25) is 0 Å². The minimum atomic E-state index is 0.667. The molecule has 0 aliphatic rings. The largest absolute Gasteiger partial charge is 0.493 e. The Bertz CT molecular complexity index is 320. The summed E-state index contributed by atoms with van der Waals surface area (Å²) in [5.41, 5.74) is 7.69. The van der Waals surface area contributed by atoms with Crippen molar-refractivity contribution in [1.82, 2.24) is 9.78 Å². The Kier molecular flexibility index (Phi) is 4.37. The van der Waals surface area contributed by atoms with E-state index in [1.807, 2.05) is 4.68 Å². The summed E-state index contributed by atoms with van der Waals surface area (Å²) in [7, 11) is 1.66. The number of aromatic nitrogens is 2. The normalized spacial score (nSPS) is 11.9. The van der Waals surface area contributed by atoms with Gasteiger partial charge in [-0.25, -0.2) is 0 Å². The maximum atomic E-state index is 5.47. The first-order valence-electron chi connectivity index (χ1n) is 5.21. The van der Waals surface area contributed by atoms with E-state index in [1.54, 1.807) is 13.3 Å². The van der Waals surface area contributed by atoms with Gasteiger partial charge in [-0.05, 0) is 32.4 Å². The van der Waals surface area contributed by atoms with Gasteiger partial charge in [0.1, 0.15) is 5.69 Å². The van der Waals surface area contributed by atoms with Gasteiger partial charge in [-0.15, -0.1) is 0 Å². The van der Waals surface area contributed by atoms with E-state index in [9.17, 15) is 0 Å². The molecule has 1 aromatic heterocycles. The Morgan fingerprint density at radius 2 is 2.40 bits per heavy atom. The third-order valence-corrected chi connectivity index (χ3v) is 2.32. The van der Waals surface area contributed by atoms with Crippen LogP contribution in [0.5, 0.6) is 5.75 Å². The molecule has 4 nitrogen and oxygen atoms in total. The molecule has 1 heterocycles. The van der Waals surface area contributed by atoms with Crippen molar-refractivity contribution < 1.29 is 4.74 Å². The number of nitrogens with zero attached hydrogens (tertiary/aromatic N) is 2. The van der Waals surface area contributed by atoms with Gasteiger partial charge >= 0.3 is 0 Å². The first kappa shape index (κ1) is 11.8. The number of rotatable bonds is 5. The number of ether oxygens (including phenoxy) is 1. The highest BCUT2D eigenvalue weighted by molar-refractivity contribution is 5.65. The van der Waals surface area contributed by atoms with E-state index in [0.717, 1.165) is 30.0 Å². The fourth-order valence-electron chi connectivity index (χ4n) is 1.55. The first-order valence-corrected chi connectivity index (χ1v) is 5.21. The highest BCUT2D eigenvalue weighted by atomic mass is 16.5. The van der Waals surface area contributed by atoms with Crippen LogP contribution in [0, 0.1) is 0 Å². The molecule has 0 unspecified atom stereocenters. The molecular weight excluding hydrogens is 190 g/mol. The molecule has 1 aromatic rings. The van der Waals surface area contributed by atoms with Crippen molar-refractivity contribution in [2.24, 2.45) is 5.73 Å². The summed E-state index contributed by atoms with van der Waals surface area (Å²) in [6.45, 7) is 5.62. The molecule has 2 N–H and O–H groups in total. The molecule has 0 radical (unpaired) electrons. The van der Waals surface area contributed by atoms with Crippen LogP contribution in [0.25, 0.3) is 5.57 Å². The topological polar surface area (TPSA) is 53.1 Å². The zero-order valence-electron chi connectivity index (χ0n) is 9.66. The number of hydrogen-bond donors (Lipinski definition) is 1. The number of allylic oxidation sites excluding steroid dienone is 1. The van der Waals surface area contributed by atoms with Crippen LogP contribution in [0.3, 0.4) is 0 Å². The third kappa shape index (κ3) is 2.59. The molecular formula is C11H19N3O. The minimum absolute atomic E-state index is 0.667. The van der Waals surface area contributed by atoms with Crippen LogP contribution in [0.4, 0.5) is 0 Å². The smallest absolute Gasteiger partial charge is 0.164 e. The van der Waals surface area contributed by atoms with Crippen molar-refractivity contribution in [2.75, 3.05) is 13.7 Å². The summed E-state index contributed by atoms with van der Waals surface area (Å²) in [4.78, 5) is 0. The van der Waals surface area contributed by atoms with Crippen molar-refractivity contribution in [3.8, 4) is 5.75 Å². The second kappa shape index (κ2) is 5.56. The van der Waals surface area contributed by atoms with Crippen LogP contribution in [0.1, 0.15) is 26.0 Å². The lowest BCUT2D eigenvalue weighted by Gasteiger charge is -2.07. The van der Waals surface area contributed by atoms with Crippen molar-refractivity contribution in [3.63, 3.8) is 0 Å². The van der Waals surface area contributed by atoms with E-state index in [0.29, 0.717) is 6.54 Å². The summed E-state index contributed by atoms with van der Waals surface area (Å²) < 4.78 is 7.21. The van der Waals surface area contributed by atoms with Crippen LogP contribution >= 0.6 is 0 Å². The molecule has 0 fully saturated rings. The Balaban J connectivity index is 3.03. The van der Waals surface area contributed by atoms with Gasteiger partial charge in [-0.1, -0.05) is 6.08 Å². The van der Waals surface area contributed by atoms with E-state index >= 15 is 0 Å². The molecule has 0 amide bonds. The van der Waals surface area contributed by atoms with Crippen LogP contribution < -0.4 is 10.5 Å². The van der Waals surface area contributed by atoms with Gasteiger partial charge in [0.25, 0.3) is 0 Å². The Labute approximate surface area is 90.7 Å². The van der Waals surface area contributed by atoms with E-state index < -0.39 is 0 Å². The molecule has 0 aliphatic carbocycles. The van der Waals surface area contributed by atoms with Crippen molar-refractivity contribution >= 4 is 5.57 Å². The van der Waals surface area contributed by atoms with E-state index in [-0.39, 0.29) is 0 Å². The predicted molar refractivity (Wildman–Crippen MR) is 61.8 cm³/mol. The van der Waals surface area contributed by atoms with Gasteiger partial charge in [-0.3, -0.25) is 4.68 Å². The summed E-state index contributed by atoms with van der Waals surface area (Å²) in [5.74, 6) is 0.822.